The quantitative estimate of drug-likeness (QED) is 0.739. The fourth-order valence-electron chi connectivity index (χ4n) is 2.06. The van der Waals surface area contributed by atoms with E-state index >= 15 is 0 Å². The van der Waals surface area contributed by atoms with Crippen molar-refractivity contribution in [1.82, 2.24) is 19.7 Å². The van der Waals surface area contributed by atoms with Crippen molar-refractivity contribution < 1.29 is 5.11 Å². The molecule has 2 rings (SSSR count). The fraction of sp³-hybridized carbons (Fsp3) is 0.800. The first-order chi connectivity index (χ1) is 7.29. The summed E-state index contributed by atoms with van der Waals surface area (Å²) < 4.78 is 1.96. The molecule has 1 fully saturated rings. The SMILES string of the molecule is Cn1cnnc1CCN1CCC(CO)C1. The normalized spacial score (nSPS) is 22.4. The lowest BCUT2D eigenvalue weighted by Crippen LogP contribution is -2.24. The Balaban J connectivity index is 1.77. The van der Waals surface area contributed by atoms with Crippen molar-refractivity contribution in [2.45, 2.75) is 12.8 Å². The van der Waals surface area contributed by atoms with Crippen molar-refractivity contribution in [3.05, 3.63) is 12.2 Å². The molecule has 5 nitrogen and oxygen atoms in total. The van der Waals surface area contributed by atoms with Crippen LogP contribution >= 0.6 is 0 Å². The molecule has 84 valence electrons. The Morgan fingerprint density at radius 3 is 3.07 bits per heavy atom. The van der Waals surface area contributed by atoms with E-state index in [1.165, 1.54) is 0 Å². The van der Waals surface area contributed by atoms with Crippen LogP contribution in [0, 0.1) is 5.92 Å². The number of rotatable bonds is 4. The molecule has 2 heterocycles. The predicted molar refractivity (Wildman–Crippen MR) is 56.3 cm³/mol. The molecule has 1 aliphatic rings. The van der Waals surface area contributed by atoms with E-state index in [1.54, 1.807) is 6.33 Å². The molecule has 0 radical (unpaired) electrons. The molecule has 5 heteroatoms. The molecule has 15 heavy (non-hydrogen) atoms. The Labute approximate surface area is 89.7 Å². The summed E-state index contributed by atoms with van der Waals surface area (Å²) in [5.74, 6) is 1.51. The number of hydrogen-bond donors (Lipinski definition) is 1. The summed E-state index contributed by atoms with van der Waals surface area (Å²) in [6, 6.07) is 0. The van der Waals surface area contributed by atoms with Crippen LogP contribution in [0.2, 0.25) is 0 Å². The molecule has 1 saturated heterocycles. The zero-order chi connectivity index (χ0) is 10.7. The van der Waals surface area contributed by atoms with E-state index in [2.05, 4.69) is 15.1 Å². The van der Waals surface area contributed by atoms with Gasteiger partial charge in [0, 0.05) is 33.2 Å². The van der Waals surface area contributed by atoms with E-state index in [4.69, 9.17) is 5.11 Å². The molecule has 1 N–H and O–H groups in total. The number of aliphatic hydroxyl groups is 1. The third-order valence-corrected chi connectivity index (χ3v) is 3.08. The Morgan fingerprint density at radius 2 is 2.47 bits per heavy atom. The van der Waals surface area contributed by atoms with Gasteiger partial charge in [0.1, 0.15) is 12.2 Å². The molecular weight excluding hydrogens is 192 g/mol. The van der Waals surface area contributed by atoms with Gasteiger partial charge in [-0.3, -0.25) is 0 Å². The highest BCUT2D eigenvalue weighted by molar-refractivity contribution is 4.86. The van der Waals surface area contributed by atoms with E-state index in [9.17, 15) is 0 Å². The van der Waals surface area contributed by atoms with Gasteiger partial charge in [-0.2, -0.15) is 0 Å². The maximum absolute atomic E-state index is 9.03. The van der Waals surface area contributed by atoms with E-state index in [1.807, 2.05) is 11.6 Å². The topological polar surface area (TPSA) is 54.2 Å². The molecule has 0 saturated carbocycles. The number of aryl methyl sites for hydroxylation is 1. The molecule has 0 aromatic carbocycles. The zero-order valence-corrected chi connectivity index (χ0v) is 9.13. The average Bonchev–Trinajstić information content (AvgIpc) is 2.84. The lowest BCUT2D eigenvalue weighted by molar-refractivity contribution is 0.222. The summed E-state index contributed by atoms with van der Waals surface area (Å²) in [7, 11) is 1.97. The average molecular weight is 210 g/mol. The number of likely N-dealkylation sites (tertiary alicyclic amines) is 1. The smallest absolute Gasteiger partial charge is 0.133 e. The molecule has 1 aromatic rings. The van der Waals surface area contributed by atoms with Crippen molar-refractivity contribution in [1.29, 1.82) is 0 Å². The zero-order valence-electron chi connectivity index (χ0n) is 9.13. The van der Waals surface area contributed by atoms with Gasteiger partial charge in [0.25, 0.3) is 0 Å². The molecule has 1 atom stereocenters. The number of aromatic nitrogens is 3. The van der Waals surface area contributed by atoms with Crippen molar-refractivity contribution >= 4 is 0 Å². The Hall–Kier alpha value is -0.940. The molecule has 0 bridgehead atoms. The van der Waals surface area contributed by atoms with Crippen LogP contribution in [-0.4, -0.2) is 51.0 Å². The van der Waals surface area contributed by atoms with Crippen molar-refractivity contribution in [3.8, 4) is 0 Å². The van der Waals surface area contributed by atoms with Gasteiger partial charge in [0.05, 0.1) is 0 Å². The van der Waals surface area contributed by atoms with Crippen LogP contribution in [0.3, 0.4) is 0 Å². The largest absolute Gasteiger partial charge is 0.396 e. The van der Waals surface area contributed by atoms with E-state index in [0.717, 1.165) is 38.3 Å². The molecule has 0 amide bonds. The van der Waals surface area contributed by atoms with E-state index < -0.39 is 0 Å². The van der Waals surface area contributed by atoms with Crippen LogP contribution in [0.25, 0.3) is 0 Å². The Morgan fingerprint density at radius 1 is 1.60 bits per heavy atom. The lowest BCUT2D eigenvalue weighted by atomic mass is 10.1. The molecule has 0 spiro atoms. The van der Waals surface area contributed by atoms with Crippen LogP contribution in [-0.2, 0) is 13.5 Å². The minimum atomic E-state index is 0.320. The summed E-state index contributed by atoms with van der Waals surface area (Å²) >= 11 is 0. The van der Waals surface area contributed by atoms with Gasteiger partial charge < -0.3 is 14.6 Å². The number of hydrogen-bond acceptors (Lipinski definition) is 4. The first kappa shape index (κ1) is 10.6. The van der Waals surface area contributed by atoms with Gasteiger partial charge >= 0.3 is 0 Å². The fourth-order valence-corrected chi connectivity index (χ4v) is 2.06. The third kappa shape index (κ3) is 2.54. The highest BCUT2D eigenvalue weighted by atomic mass is 16.3. The van der Waals surface area contributed by atoms with Gasteiger partial charge in [-0.25, -0.2) is 0 Å². The van der Waals surface area contributed by atoms with Gasteiger partial charge in [0.15, 0.2) is 0 Å². The maximum atomic E-state index is 9.03. The van der Waals surface area contributed by atoms with Gasteiger partial charge in [0.2, 0.25) is 0 Å². The molecule has 0 aliphatic carbocycles. The second-order valence-electron chi connectivity index (χ2n) is 4.25. The number of aliphatic hydroxyl groups excluding tert-OH is 1. The first-order valence-corrected chi connectivity index (χ1v) is 5.45. The standard InChI is InChI=1S/C10H18N4O/c1-13-8-11-12-10(13)3-5-14-4-2-9(6-14)7-15/h8-9,15H,2-7H2,1H3. The molecular formula is C10H18N4O. The summed E-state index contributed by atoms with van der Waals surface area (Å²) in [5.41, 5.74) is 0. The minimum absolute atomic E-state index is 0.320. The summed E-state index contributed by atoms with van der Waals surface area (Å²) in [6.07, 6.45) is 3.79. The highest BCUT2D eigenvalue weighted by Crippen LogP contribution is 2.15. The molecule has 1 aromatic heterocycles. The van der Waals surface area contributed by atoms with Crippen molar-refractivity contribution in [2.75, 3.05) is 26.2 Å². The maximum Gasteiger partial charge on any atom is 0.133 e. The summed E-state index contributed by atoms with van der Waals surface area (Å²) in [6.45, 7) is 3.46. The van der Waals surface area contributed by atoms with Crippen LogP contribution in [0.1, 0.15) is 12.2 Å². The van der Waals surface area contributed by atoms with Gasteiger partial charge in [-0.05, 0) is 18.9 Å². The monoisotopic (exact) mass is 210 g/mol. The van der Waals surface area contributed by atoms with Gasteiger partial charge in [-0.15, -0.1) is 10.2 Å². The van der Waals surface area contributed by atoms with Crippen LogP contribution in [0.5, 0.6) is 0 Å². The second-order valence-corrected chi connectivity index (χ2v) is 4.25. The van der Waals surface area contributed by atoms with Crippen molar-refractivity contribution in [3.63, 3.8) is 0 Å². The molecule has 1 aliphatic heterocycles. The summed E-state index contributed by atoms with van der Waals surface area (Å²) in [5, 5.41) is 16.9. The van der Waals surface area contributed by atoms with E-state index in [-0.39, 0.29) is 0 Å². The Kier molecular flexibility index (Phi) is 3.33. The highest BCUT2D eigenvalue weighted by Gasteiger charge is 2.21. The van der Waals surface area contributed by atoms with Crippen LogP contribution < -0.4 is 0 Å². The summed E-state index contributed by atoms with van der Waals surface area (Å²) in [4.78, 5) is 2.38. The van der Waals surface area contributed by atoms with E-state index in [0.29, 0.717) is 12.5 Å². The second kappa shape index (κ2) is 4.72. The van der Waals surface area contributed by atoms with Crippen LogP contribution in [0.15, 0.2) is 6.33 Å². The van der Waals surface area contributed by atoms with Gasteiger partial charge in [-0.1, -0.05) is 0 Å². The number of nitrogens with zero attached hydrogens (tertiary/aromatic N) is 4. The predicted octanol–water partition coefficient (Wildman–Crippen LogP) is -0.328. The third-order valence-electron chi connectivity index (χ3n) is 3.08. The first-order valence-electron chi connectivity index (χ1n) is 5.45. The minimum Gasteiger partial charge on any atom is -0.396 e. The molecule has 1 unspecified atom stereocenters. The Bertz CT molecular complexity index is 312. The van der Waals surface area contributed by atoms with Crippen molar-refractivity contribution in [2.24, 2.45) is 13.0 Å². The lowest BCUT2D eigenvalue weighted by Gasteiger charge is -2.14. The van der Waals surface area contributed by atoms with Crippen LogP contribution in [0.4, 0.5) is 0 Å².